The molecule has 2 aromatic carbocycles. The summed E-state index contributed by atoms with van der Waals surface area (Å²) in [4.78, 5) is 44.7. The maximum Gasteiger partial charge on any atom is 0.270 e. The Balaban J connectivity index is 0.00000400. The fourth-order valence-corrected chi connectivity index (χ4v) is 5.49. The molecule has 238 valence electrons. The lowest BCUT2D eigenvalue weighted by molar-refractivity contribution is -0.138. The Bertz CT molecular complexity index is 1610. The number of nitrogens with one attached hydrogen (secondary N) is 3. The molecule has 9 nitrogen and oxygen atoms in total. The molecule has 2 aliphatic heterocycles. The lowest BCUT2D eigenvalue weighted by Crippen LogP contribution is -2.50. The van der Waals surface area contributed by atoms with Crippen molar-refractivity contribution in [3.05, 3.63) is 77.2 Å². The van der Waals surface area contributed by atoms with Crippen molar-refractivity contribution in [2.24, 2.45) is 5.92 Å². The molecule has 3 amide bonds. The van der Waals surface area contributed by atoms with Gasteiger partial charge in [-0.05, 0) is 73.2 Å². The first-order valence-electron chi connectivity index (χ1n) is 15.0. The summed E-state index contributed by atoms with van der Waals surface area (Å²) in [5.74, 6) is -0.782. The molecule has 1 aromatic heterocycles. The third kappa shape index (κ3) is 7.77. The van der Waals surface area contributed by atoms with E-state index < -0.39 is 48.3 Å². The number of aromatic nitrogens is 1. The van der Waals surface area contributed by atoms with Gasteiger partial charge in [0.15, 0.2) is 0 Å². The number of amides is 3. The summed E-state index contributed by atoms with van der Waals surface area (Å²) in [6, 6.07) is 11.4. The third-order valence-electron chi connectivity index (χ3n) is 8.26. The van der Waals surface area contributed by atoms with E-state index in [0.717, 1.165) is 24.2 Å². The van der Waals surface area contributed by atoms with Crippen LogP contribution in [0.4, 0.5) is 8.78 Å². The zero-order valence-corrected chi connectivity index (χ0v) is 25.6. The van der Waals surface area contributed by atoms with Crippen LogP contribution in [0.25, 0.3) is 17.0 Å². The Morgan fingerprint density at radius 1 is 1.13 bits per heavy atom. The van der Waals surface area contributed by atoms with E-state index in [1.54, 1.807) is 6.07 Å². The molecule has 3 aromatic rings. The van der Waals surface area contributed by atoms with Crippen molar-refractivity contribution >= 4 is 47.1 Å². The monoisotopic (exact) mass is 639 g/mol. The molecule has 3 fully saturated rings. The van der Waals surface area contributed by atoms with Crippen molar-refractivity contribution in [1.29, 1.82) is 0 Å². The smallest absolute Gasteiger partial charge is 0.270 e. The van der Waals surface area contributed by atoms with Crippen LogP contribution < -0.4 is 20.7 Å². The van der Waals surface area contributed by atoms with Gasteiger partial charge in [0, 0.05) is 24.9 Å². The number of rotatable bonds is 10. The molecule has 45 heavy (non-hydrogen) atoms. The number of likely N-dealkylation sites (tertiary alicyclic amines) is 1. The average molecular weight is 640 g/mol. The highest BCUT2D eigenvalue weighted by Gasteiger charge is 2.40. The average Bonchev–Trinajstić information content (AvgIpc) is 3.74. The fourth-order valence-electron chi connectivity index (χ4n) is 5.49. The molecule has 0 unspecified atom stereocenters. The van der Waals surface area contributed by atoms with Crippen LogP contribution in [0.15, 0.2) is 54.6 Å². The molecule has 6 rings (SSSR count). The number of alkyl halides is 1. The van der Waals surface area contributed by atoms with Gasteiger partial charge in [0.2, 0.25) is 11.8 Å². The topological polar surface area (TPSA) is 113 Å². The second kappa shape index (κ2) is 13.9. The van der Waals surface area contributed by atoms with Gasteiger partial charge >= 0.3 is 0 Å². The first kappa shape index (κ1) is 32.3. The summed E-state index contributed by atoms with van der Waals surface area (Å²) in [6.07, 6.45) is 5.19. The number of hydrogen-bond acceptors (Lipinski definition) is 6. The molecule has 2 saturated heterocycles. The number of allylic oxidation sites excluding steroid dienone is 1. The number of halogens is 3. The minimum atomic E-state index is -1.37. The molecule has 0 spiro atoms. The maximum absolute atomic E-state index is 14.6. The second-order valence-corrected chi connectivity index (χ2v) is 11.7. The Morgan fingerprint density at radius 2 is 1.93 bits per heavy atom. The Labute approximate surface area is 266 Å². The minimum Gasteiger partial charge on any atom is -0.488 e. The fraction of sp³-hybridized carbons (Fsp3) is 0.394. The number of nitrogens with zero attached hydrogens (tertiary/aromatic N) is 2. The van der Waals surface area contributed by atoms with Gasteiger partial charge in [-0.3, -0.25) is 14.4 Å². The highest BCUT2D eigenvalue weighted by Crippen LogP contribution is 2.33. The zero-order valence-electron chi connectivity index (χ0n) is 24.8. The van der Waals surface area contributed by atoms with Gasteiger partial charge in [0.25, 0.3) is 5.91 Å². The Hall–Kier alpha value is -4.09. The van der Waals surface area contributed by atoms with Gasteiger partial charge in [-0.2, -0.15) is 0 Å². The van der Waals surface area contributed by atoms with E-state index in [9.17, 15) is 23.2 Å². The van der Waals surface area contributed by atoms with Crippen molar-refractivity contribution in [2.45, 2.75) is 50.5 Å². The Kier molecular flexibility index (Phi) is 9.99. The highest BCUT2D eigenvalue weighted by atomic mass is 35.5. The van der Waals surface area contributed by atoms with Gasteiger partial charge in [0.1, 0.15) is 35.6 Å². The number of pyridine rings is 1. The van der Waals surface area contributed by atoms with Crippen molar-refractivity contribution < 1.29 is 27.9 Å². The summed E-state index contributed by atoms with van der Waals surface area (Å²) in [5.41, 5.74) is 2.31. The van der Waals surface area contributed by atoms with E-state index in [0.29, 0.717) is 22.6 Å². The third-order valence-corrected chi connectivity index (χ3v) is 8.26. The first-order chi connectivity index (χ1) is 21.2. The van der Waals surface area contributed by atoms with Gasteiger partial charge in [-0.1, -0.05) is 24.3 Å². The van der Waals surface area contributed by atoms with E-state index in [1.165, 1.54) is 42.0 Å². The van der Waals surface area contributed by atoms with Crippen LogP contribution >= 0.6 is 12.4 Å². The molecule has 0 radical (unpaired) electrons. The number of ether oxygens (including phenoxy) is 1. The normalized spacial score (nSPS) is 20.4. The van der Waals surface area contributed by atoms with Gasteiger partial charge in [-0.25, -0.2) is 13.8 Å². The number of carbonyl (C=O) groups is 3. The lowest BCUT2D eigenvalue weighted by Gasteiger charge is -2.29. The van der Waals surface area contributed by atoms with E-state index in [1.807, 2.05) is 25.1 Å². The van der Waals surface area contributed by atoms with Gasteiger partial charge in [-0.15, -0.1) is 12.4 Å². The van der Waals surface area contributed by atoms with Crippen LogP contribution in [-0.4, -0.2) is 72.1 Å². The van der Waals surface area contributed by atoms with Crippen LogP contribution in [0, 0.1) is 11.7 Å². The maximum atomic E-state index is 14.6. The molecular formula is C33H36ClF2N5O4. The van der Waals surface area contributed by atoms with E-state index >= 15 is 0 Å². The number of hydrogen-bond donors (Lipinski definition) is 3. The largest absolute Gasteiger partial charge is 0.488 e. The molecule has 1 aliphatic carbocycles. The molecule has 3 heterocycles. The molecule has 12 heteroatoms. The summed E-state index contributed by atoms with van der Waals surface area (Å²) in [6.45, 7) is 2.74. The summed E-state index contributed by atoms with van der Waals surface area (Å²) >= 11 is 0. The second-order valence-electron chi connectivity index (χ2n) is 11.7. The van der Waals surface area contributed by atoms with Crippen molar-refractivity contribution in [3.63, 3.8) is 0 Å². The number of benzene rings is 2. The SMILES string of the molecule is C[C@H](NC(=O)[C@@H]1C[C@@H](F)CN1C(=O)CNC(=O)c1ccc2cc(F)ccc2n1)c1cc(OC2CNC2)ccc1/C=C/C1CC1.Cl. The van der Waals surface area contributed by atoms with Gasteiger partial charge < -0.3 is 25.6 Å². The summed E-state index contributed by atoms with van der Waals surface area (Å²) in [5, 5.41) is 9.21. The predicted molar refractivity (Wildman–Crippen MR) is 168 cm³/mol. The molecule has 3 atom stereocenters. The standard InChI is InChI=1S/C33H35F2N5O4.ClH/c1-19(27-14-25(44-26-15-36-16-26)9-6-21(27)5-4-20-2-3-20)38-33(43)30-13-24(35)18-40(30)31(41)17-37-32(42)29-10-7-22-12-23(34)8-11-28(22)39-29;/h4-12,14,19-20,24,26,30,36H,2-3,13,15-18H2,1H3,(H,37,42)(H,38,43);1H/b5-4+;/t19-,24+,30-;/m0./s1. The first-order valence-corrected chi connectivity index (χ1v) is 15.0. The molecule has 1 saturated carbocycles. The van der Waals surface area contributed by atoms with E-state index in [-0.39, 0.29) is 37.2 Å². The van der Waals surface area contributed by atoms with Crippen LogP contribution in [0.3, 0.4) is 0 Å². The van der Waals surface area contributed by atoms with E-state index in [2.05, 4.69) is 33.1 Å². The predicted octanol–water partition coefficient (Wildman–Crippen LogP) is 4.12. The highest BCUT2D eigenvalue weighted by molar-refractivity contribution is 5.97. The summed E-state index contributed by atoms with van der Waals surface area (Å²) < 4.78 is 34.1. The summed E-state index contributed by atoms with van der Waals surface area (Å²) in [7, 11) is 0. The van der Waals surface area contributed by atoms with Crippen LogP contribution in [0.1, 0.15) is 53.8 Å². The molecule has 3 aliphatic rings. The zero-order chi connectivity index (χ0) is 30.8. The molecule has 3 N–H and O–H groups in total. The van der Waals surface area contributed by atoms with Crippen molar-refractivity contribution in [3.8, 4) is 5.75 Å². The number of fused-ring (bicyclic) bond motifs is 1. The van der Waals surface area contributed by atoms with E-state index in [4.69, 9.17) is 4.74 Å². The Morgan fingerprint density at radius 3 is 2.67 bits per heavy atom. The van der Waals surface area contributed by atoms with Crippen LogP contribution in [0.2, 0.25) is 0 Å². The van der Waals surface area contributed by atoms with Gasteiger partial charge in [0.05, 0.1) is 24.6 Å². The molecule has 0 bridgehead atoms. The van der Waals surface area contributed by atoms with Crippen LogP contribution in [0.5, 0.6) is 5.75 Å². The van der Waals surface area contributed by atoms with Crippen molar-refractivity contribution in [2.75, 3.05) is 26.2 Å². The molecular weight excluding hydrogens is 604 g/mol. The number of carbonyl (C=O) groups excluding carboxylic acids is 3. The van der Waals surface area contributed by atoms with Crippen LogP contribution in [-0.2, 0) is 9.59 Å². The lowest BCUT2D eigenvalue weighted by atomic mass is 9.99. The van der Waals surface area contributed by atoms with Crippen molar-refractivity contribution in [1.82, 2.24) is 25.8 Å². The minimum absolute atomic E-state index is 0. The quantitative estimate of drug-likeness (QED) is 0.308.